The van der Waals surface area contributed by atoms with Gasteiger partial charge in [-0.3, -0.25) is 4.79 Å². The molecule has 0 aromatic heterocycles. The molecule has 1 atom stereocenters. The summed E-state index contributed by atoms with van der Waals surface area (Å²) < 4.78 is 18.4. The first kappa shape index (κ1) is 13.4. The van der Waals surface area contributed by atoms with Gasteiger partial charge in [0.25, 0.3) is 0 Å². The summed E-state index contributed by atoms with van der Waals surface area (Å²) >= 11 is 0. The summed E-state index contributed by atoms with van der Waals surface area (Å²) in [7, 11) is 0. The number of hydrogen-bond acceptors (Lipinski definition) is 3. The third kappa shape index (κ3) is 3.71. The second-order valence-corrected chi connectivity index (χ2v) is 4.29. The third-order valence-corrected chi connectivity index (χ3v) is 2.58. The number of primary amides is 1. The fraction of sp³-hybridized carbons (Fsp3) is 0.417. The Kier molecular flexibility index (Phi) is 4.07. The smallest absolute Gasteiger partial charge is 0.237 e. The highest BCUT2D eigenvalue weighted by Gasteiger charge is 2.25. The maximum absolute atomic E-state index is 13.0. The Morgan fingerprint density at radius 1 is 1.53 bits per heavy atom. The maximum Gasteiger partial charge on any atom is 0.237 e. The van der Waals surface area contributed by atoms with E-state index in [1.54, 1.807) is 19.9 Å². The average molecular weight is 240 g/mol. The van der Waals surface area contributed by atoms with E-state index < -0.39 is 11.4 Å². The van der Waals surface area contributed by atoms with Crippen LogP contribution >= 0.6 is 0 Å². The molecule has 1 amide bonds. The van der Waals surface area contributed by atoms with Crippen LogP contribution in [0.25, 0.3) is 0 Å². The summed E-state index contributed by atoms with van der Waals surface area (Å²) in [6, 6.07) is 4.45. The van der Waals surface area contributed by atoms with Crippen molar-refractivity contribution in [3.8, 4) is 5.75 Å². The number of rotatable bonds is 5. The molecule has 94 valence electrons. The lowest BCUT2D eigenvalue weighted by Crippen LogP contribution is -2.50. The lowest BCUT2D eigenvalue weighted by molar-refractivity contribution is -0.123. The fourth-order valence-corrected chi connectivity index (χ4v) is 1.21. The monoisotopic (exact) mass is 240 g/mol. The summed E-state index contributed by atoms with van der Waals surface area (Å²) in [4.78, 5) is 11.0. The quantitative estimate of drug-likeness (QED) is 0.809. The normalized spacial score (nSPS) is 14.1. The number of halogens is 1. The van der Waals surface area contributed by atoms with Crippen molar-refractivity contribution in [1.29, 1.82) is 0 Å². The van der Waals surface area contributed by atoms with Crippen molar-refractivity contribution >= 4 is 5.91 Å². The van der Waals surface area contributed by atoms with Crippen molar-refractivity contribution in [2.24, 2.45) is 11.5 Å². The molecule has 1 aromatic carbocycles. The van der Waals surface area contributed by atoms with Gasteiger partial charge in [0.15, 0.2) is 0 Å². The first-order chi connectivity index (χ1) is 7.83. The van der Waals surface area contributed by atoms with E-state index in [0.717, 1.165) is 0 Å². The van der Waals surface area contributed by atoms with Crippen molar-refractivity contribution in [1.82, 2.24) is 0 Å². The van der Waals surface area contributed by atoms with E-state index in [0.29, 0.717) is 17.7 Å². The van der Waals surface area contributed by atoms with Crippen molar-refractivity contribution in [2.75, 3.05) is 6.61 Å². The van der Waals surface area contributed by atoms with Gasteiger partial charge in [-0.25, -0.2) is 4.39 Å². The first-order valence-electron chi connectivity index (χ1n) is 5.30. The van der Waals surface area contributed by atoms with E-state index in [4.69, 9.17) is 16.2 Å². The van der Waals surface area contributed by atoms with Crippen molar-refractivity contribution in [2.45, 2.75) is 25.8 Å². The van der Waals surface area contributed by atoms with Gasteiger partial charge in [-0.05, 0) is 37.6 Å². The van der Waals surface area contributed by atoms with Gasteiger partial charge in [0.2, 0.25) is 5.91 Å². The molecule has 5 heteroatoms. The van der Waals surface area contributed by atoms with Gasteiger partial charge in [0.1, 0.15) is 11.6 Å². The summed E-state index contributed by atoms with van der Waals surface area (Å²) in [5.41, 5.74) is 10.2. The number of nitrogens with two attached hydrogens (primary N) is 2. The molecule has 0 fully saturated rings. The van der Waals surface area contributed by atoms with Crippen molar-refractivity contribution in [3.63, 3.8) is 0 Å². The lowest BCUT2D eigenvalue weighted by atomic mass is 9.99. The van der Waals surface area contributed by atoms with Gasteiger partial charge in [0.05, 0.1) is 12.1 Å². The number of benzene rings is 1. The number of hydrogen-bond donors (Lipinski definition) is 2. The van der Waals surface area contributed by atoms with Crippen LogP contribution in [0, 0.1) is 12.7 Å². The predicted molar refractivity (Wildman–Crippen MR) is 63.0 cm³/mol. The number of carbonyl (C=O) groups is 1. The van der Waals surface area contributed by atoms with Gasteiger partial charge >= 0.3 is 0 Å². The van der Waals surface area contributed by atoms with E-state index in [9.17, 15) is 9.18 Å². The topological polar surface area (TPSA) is 78.3 Å². The zero-order valence-electron chi connectivity index (χ0n) is 10.00. The highest BCUT2D eigenvalue weighted by atomic mass is 19.1. The van der Waals surface area contributed by atoms with Crippen LogP contribution in [0.1, 0.15) is 18.9 Å². The number of ether oxygens (including phenoxy) is 1. The van der Waals surface area contributed by atoms with Gasteiger partial charge in [-0.2, -0.15) is 0 Å². The van der Waals surface area contributed by atoms with Crippen LogP contribution in [-0.2, 0) is 4.79 Å². The second kappa shape index (κ2) is 5.14. The molecule has 0 aliphatic heterocycles. The van der Waals surface area contributed by atoms with Gasteiger partial charge < -0.3 is 16.2 Å². The molecule has 0 radical (unpaired) electrons. The van der Waals surface area contributed by atoms with Gasteiger partial charge in [0, 0.05) is 6.42 Å². The largest absolute Gasteiger partial charge is 0.493 e. The van der Waals surface area contributed by atoms with Crippen LogP contribution in [0.3, 0.4) is 0 Å². The predicted octanol–water partition coefficient (Wildman–Crippen LogP) is 1.11. The zero-order chi connectivity index (χ0) is 13.1. The number of aryl methyl sites for hydroxylation is 1. The minimum atomic E-state index is -1.09. The molecule has 1 rings (SSSR count). The molecular weight excluding hydrogens is 223 g/mol. The third-order valence-electron chi connectivity index (χ3n) is 2.58. The molecule has 0 saturated heterocycles. The van der Waals surface area contributed by atoms with Crippen LogP contribution in [0.5, 0.6) is 5.75 Å². The Bertz CT molecular complexity index is 419. The van der Waals surface area contributed by atoms with E-state index in [-0.39, 0.29) is 12.4 Å². The molecule has 0 saturated carbocycles. The lowest BCUT2D eigenvalue weighted by Gasteiger charge is -2.20. The minimum Gasteiger partial charge on any atom is -0.493 e. The number of carbonyl (C=O) groups excluding carboxylic acids is 1. The number of amides is 1. The van der Waals surface area contributed by atoms with Crippen LogP contribution in [0.15, 0.2) is 18.2 Å². The maximum atomic E-state index is 13.0. The Morgan fingerprint density at radius 3 is 2.71 bits per heavy atom. The molecule has 0 bridgehead atoms. The summed E-state index contributed by atoms with van der Waals surface area (Å²) in [5.74, 6) is -0.307. The highest BCUT2D eigenvalue weighted by Crippen LogP contribution is 2.16. The van der Waals surface area contributed by atoms with E-state index >= 15 is 0 Å². The van der Waals surface area contributed by atoms with E-state index in [2.05, 4.69) is 0 Å². The molecule has 4 N–H and O–H groups in total. The molecule has 1 aromatic rings. The van der Waals surface area contributed by atoms with Crippen LogP contribution in [0.2, 0.25) is 0 Å². The highest BCUT2D eigenvalue weighted by molar-refractivity contribution is 5.83. The average Bonchev–Trinajstić information content (AvgIpc) is 2.23. The molecule has 0 heterocycles. The summed E-state index contributed by atoms with van der Waals surface area (Å²) in [6.45, 7) is 3.45. The Balaban J connectivity index is 2.51. The molecule has 0 aliphatic rings. The molecule has 0 aliphatic carbocycles. The van der Waals surface area contributed by atoms with Gasteiger partial charge in [-0.15, -0.1) is 0 Å². The zero-order valence-corrected chi connectivity index (χ0v) is 10.00. The molecule has 17 heavy (non-hydrogen) atoms. The van der Waals surface area contributed by atoms with Crippen LogP contribution in [0.4, 0.5) is 4.39 Å². The molecular formula is C12H17FN2O2. The van der Waals surface area contributed by atoms with E-state index in [1.807, 2.05) is 0 Å². The SMILES string of the molecule is Cc1cc(OCCC(C)(N)C(N)=O)ccc1F. The van der Waals surface area contributed by atoms with Gasteiger partial charge in [-0.1, -0.05) is 0 Å². The van der Waals surface area contributed by atoms with E-state index in [1.165, 1.54) is 12.1 Å². The standard InChI is InChI=1S/C12H17FN2O2/c1-8-7-9(3-4-10(8)13)17-6-5-12(2,15)11(14)16/h3-4,7H,5-6,15H2,1-2H3,(H2,14,16). The minimum absolute atomic E-state index is 0.251. The Labute approximate surface area is 99.7 Å². The Morgan fingerprint density at radius 2 is 2.18 bits per heavy atom. The summed E-state index contributed by atoms with van der Waals surface area (Å²) in [6.07, 6.45) is 0.304. The molecule has 4 nitrogen and oxygen atoms in total. The molecule has 1 unspecified atom stereocenters. The molecule has 0 spiro atoms. The Hall–Kier alpha value is -1.62. The summed E-state index contributed by atoms with van der Waals surface area (Å²) in [5, 5.41) is 0. The first-order valence-corrected chi connectivity index (χ1v) is 5.30. The van der Waals surface area contributed by atoms with Crippen molar-refractivity contribution < 1.29 is 13.9 Å². The fourth-order valence-electron chi connectivity index (χ4n) is 1.21. The van der Waals surface area contributed by atoms with Crippen LogP contribution < -0.4 is 16.2 Å². The van der Waals surface area contributed by atoms with Crippen molar-refractivity contribution in [3.05, 3.63) is 29.6 Å². The van der Waals surface area contributed by atoms with Crippen LogP contribution in [-0.4, -0.2) is 18.1 Å². The second-order valence-electron chi connectivity index (χ2n) is 4.29.